The smallest absolute Gasteiger partial charge is 0.221 e. The van der Waals surface area contributed by atoms with Crippen molar-refractivity contribution in [3.8, 4) is 0 Å². The molecule has 126 valence electrons. The Morgan fingerprint density at radius 1 is 0.800 bits per heavy atom. The molecule has 3 rings (SSSR count). The summed E-state index contributed by atoms with van der Waals surface area (Å²) in [6, 6.07) is 17.3. The number of benzene rings is 2. The van der Waals surface area contributed by atoms with Crippen LogP contribution in [0.2, 0.25) is 0 Å². The van der Waals surface area contributed by atoms with Crippen molar-refractivity contribution in [3.05, 3.63) is 66.5 Å². The minimum absolute atomic E-state index is 0.0941. The molecule has 1 aromatic heterocycles. The van der Waals surface area contributed by atoms with Crippen LogP contribution in [0.15, 0.2) is 60.9 Å². The van der Waals surface area contributed by atoms with Gasteiger partial charge < -0.3 is 16.0 Å². The highest BCUT2D eigenvalue weighted by molar-refractivity contribution is 5.88. The number of hydrogen-bond acceptors (Lipinski definition) is 5. The second kappa shape index (κ2) is 7.44. The third-order valence-corrected chi connectivity index (χ3v) is 3.47. The summed E-state index contributed by atoms with van der Waals surface area (Å²) in [5, 5.41) is 9.20. The molecule has 3 aromatic rings. The van der Waals surface area contributed by atoms with Crippen LogP contribution in [-0.4, -0.2) is 15.9 Å². The summed E-state index contributed by atoms with van der Waals surface area (Å²) in [4.78, 5) is 19.5. The zero-order valence-electron chi connectivity index (χ0n) is 14.1. The SMILES string of the molecule is CC(=O)Nc1ccc(Nc2cc(Nc3ccc(C)cc3)ncn2)cc1. The van der Waals surface area contributed by atoms with Crippen LogP contribution in [0.4, 0.5) is 28.7 Å². The second-order valence-corrected chi connectivity index (χ2v) is 5.66. The number of rotatable bonds is 5. The zero-order valence-corrected chi connectivity index (χ0v) is 14.1. The van der Waals surface area contributed by atoms with Gasteiger partial charge in [-0.3, -0.25) is 4.79 Å². The van der Waals surface area contributed by atoms with Crippen molar-refractivity contribution in [3.63, 3.8) is 0 Å². The lowest BCUT2D eigenvalue weighted by atomic mass is 10.2. The van der Waals surface area contributed by atoms with E-state index in [1.807, 2.05) is 61.5 Å². The van der Waals surface area contributed by atoms with Crippen molar-refractivity contribution in [1.82, 2.24) is 9.97 Å². The fraction of sp³-hybridized carbons (Fsp3) is 0.105. The van der Waals surface area contributed by atoms with Crippen LogP contribution in [0.25, 0.3) is 0 Å². The molecular formula is C19H19N5O. The summed E-state index contributed by atoms with van der Waals surface area (Å²) in [7, 11) is 0. The molecule has 0 radical (unpaired) electrons. The number of carbonyl (C=O) groups is 1. The number of aromatic nitrogens is 2. The lowest BCUT2D eigenvalue weighted by Crippen LogP contribution is -2.05. The Kier molecular flexibility index (Phi) is 4.89. The van der Waals surface area contributed by atoms with E-state index in [1.54, 1.807) is 0 Å². The van der Waals surface area contributed by atoms with Gasteiger partial charge in [-0.1, -0.05) is 17.7 Å². The summed E-state index contributed by atoms with van der Waals surface area (Å²) < 4.78 is 0. The highest BCUT2D eigenvalue weighted by Gasteiger charge is 2.02. The Labute approximate surface area is 146 Å². The Bertz CT molecular complexity index is 860. The molecule has 25 heavy (non-hydrogen) atoms. The first-order chi connectivity index (χ1) is 12.1. The molecule has 0 spiro atoms. The van der Waals surface area contributed by atoms with E-state index in [4.69, 9.17) is 0 Å². The monoisotopic (exact) mass is 333 g/mol. The van der Waals surface area contributed by atoms with Crippen molar-refractivity contribution in [1.29, 1.82) is 0 Å². The normalized spacial score (nSPS) is 10.2. The number of nitrogens with zero attached hydrogens (tertiary/aromatic N) is 2. The van der Waals surface area contributed by atoms with Crippen LogP contribution in [0.3, 0.4) is 0 Å². The van der Waals surface area contributed by atoms with E-state index in [2.05, 4.69) is 25.9 Å². The molecule has 0 fully saturated rings. The maximum absolute atomic E-state index is 11.0. The van der Waals surface area contributed by atoms with E-state index in [0.717, 1.165) is 17.1 Å². The lowest BCUT2D eigenvalue weighted by Gasteiger charge is -2.09. The van der Waals surface area contributed by atoms with Gasteiger partial charge in [0.25, 0.3) is 0 Å². The highest BCUT2D eigenvalue weighted by Crippen LogP contribution is 2.20. The molecule has 6 nitrogen and oxygen atoms in total. The Balaban J connectivity index is 1.68. The molecule has 0 aliphatic carbocycles. The van der Waals surface area contributed by atoms with Gasteiger partial charge in [-0.05, 0) is 43.3 Å². The maximum atomic E-state index is 11.0. The highest BCUT2D eigenvalue weighted by atomic mass is 16.1. The first kappa shape index (κ1) is 16.4. The van der Waals surface area contributed by atoms with Crippen molar-refractivity contribution in [2.75, 3.05) is 16.0 Å². The Morgan fingerprint density at radius 2 is 1.28 bits per heavy atom. The van der Waals surface area contributed by atoms with Gasteiger partial charge in [0.1, 0.15) is 18.0 Å². The first-order valence-electron chi connectivity index (χ1n) is 7.89. The molecule has 3 N–H and O–H groups in total. The number of amides is 1. The molecule has 0 unspecified atom stereocenters. The topological polar surface area (TPSA) is 78.9 Å². The molecule has 0 saturated heterocycles. The van der Waals surface area contributed by atoms with E-state index in [0.29, 0.717) is 11.6 Å². The summed E-state index contributed by atoms with van der Waals surface area (Å²) >= 11 is 0. The minimum atomic E-state index is -0.0941. The Morgan fingerprint density at radius 3 is 1.80 bits per heavy atom. The number of carbonyl (C=O) groups excluding carboxylic acids is 1. The first-order valence-corrected chi connectivity index (χ1v) is 7.89. The van der Waals surface area contributed by atoms with Crippen LogP contribution < -0.4 is 16.0 Å². The van der Waals surface area contributed by atoms with Crippen molar-refractivity contribution < 1.29 is 4.79 Å². The molecule has 6 heteroatoms. The summed E-state index contributed by atoms with van der Waals surface area (Å²) in [6.07, 6.45) is 1.50. The number of hydrogen-bond donors (Lipinski definition) is 3. The standard InChI is InChI=1S/C19H19N5O/c1-13-3-5-16(6-4-13)23-18-11-19(21-12-20-18)24-17-9-7-15(8-10-17)22-14(2)25/h3-12H,1-2H3,(H,22,25)(H2,20,21,23,24). The van der Waals surface area contributed by atoms with Gasteiger partial charge in [-0.2, -0.15) is 0 Å². The van der Waals surface area contributed by atoms with Gasteiger partial charge in [0.05, 0.1) is 0 Å². The largest absolute Gasteiger partial charge is 0.340 e. The number of nitrogens with one attached hydrogen (secondary N) is 3. The molecule has 0 aliphatic heterocycles. The third kappa shape index (κ3) is 4.78. The predicted octanol–water partition coefficient (Wildman–Crippen LogP) is 4.23. The molecule has 1 heterocycles. The van der Waals surface area contributed by atoms with Gasteiger partial charge in [0.2, 0.25) is 5.91 Å². The van der Waals surface area contributed by atoms with Crippen LogP contribution in [0.5, 0.6) is 0 Å². The summed E-state index contributed by atoms with van der Waals surface area (Å²) in [5.74, 6) is 1.29. The maximum Gasteiger partial charge on any atom is 0.221 e. The number of aryl methyl sites for hydroxylation is 1. The molecular weight excluding hydrogens is 314 g/mol. The molecule has 0 saturated carbocycles. The predicted molar refractivity (Wildman–Crippen MR) is 101 cm³/mol. The molecule has 2 aromatic carbocycles. The van der Waals surface area contributed by atoms with Gasteiger partial charge >= 0.3 is 0 Å². The van der Waals surface area contributed by atoms with E-state index in [-0.39, 0.29) is 5.91 Å². The molecule has 0 aliphatic rings. The van der Waals surface area contributed by atoms with Crippen LogP contribution in [-0.2, 0) is 4.79 Å². The van der Waals surface area contributed by atoms with Gasteiger partial charge in [0, 0.05) is 30.1 Å². The molecule has 1 amide bonds. The van der Waals surface area contributed by atoms with Gasteiger partial charge in [0.15, 0.2) is 0 Å². The molecule has 0 bridgehead atoms. The van der Waals surface area contributed by atoms with Crippen molar-refractivity contribution in [2.45, 2.75) is 13.8 Å². The van der Waals surface area contributed by atoms with Gasteiger partial charge in [-0.15, -0.1) is 0 Å². The Hall–Kier alpha value is -3.41. The summed E-state index contributed by atoms with van der Waals surface area (Å²) in [5.41, 5.74) is 3.80. The second-order valence-electron chi connectivity index (χ2n) is 5.66. The number of anilines is 5. The molecule has 0 atom stereocenters. The summed E-state index contributed by atoms with van der Waals surface area (Å²) in [6.45, 7) is 3.53. The van der Waals surface area contributed by atoms with Gasteiger partial charge in [-0.25, -0.2) is 9.97 Å². The van der Waals surface area contributed by atoms with E-state index in [1.165, 1.54) is 18.8 Å². The fourth-order valence-electron chi connectivity index (χ4n) is 2.27. The van der Waals surface area contributed by atoms with Crippen molar-refractivity contribution >= 4 is 34.6 Å². The minimum Gasteiger partial charge on any atom is -0.340 e. The van der Waals surface area contributed by atoms with Crippen molar-refractivity contribution in [2.24, 2.45) is 0 Å². The zero-order chi connectivity index (χ0) is 17.6. The third-order valence-electron chi connectivity index (χ3n) is 3.47. The quantitative estimate of drug-likeness (QED) is 0.651. The van der Waals surface area contributed by atoms with Crippen LogP contribution in [0, 0.1) is 6.92 Å². The fourth-order valence-corrected chi connectivity index (χ4v) is 2.27. The van der Waals surface area contributed by atoms with E-state index in [9.17, 15) is 4.79 Å². The lowest BCUT2D eigenvalue weighted by molar-refractivity contribution is -0.114. The van der Waals surface area contributed by atoms with E-state index >= 15 is 0 Å². The van der Waals surface area contributed by atoms with Crippen LogP contribution >= 0.6 is 0 Å². The van der Waals surface area contributed by atoms with E-state index < -0.39 is 0 Å². The van der Waals surface area contributed by atoms with Crippen LogP contribution in [0.1, 0.15) is 12.5 Å². The average molecular weight is 333 g/mol. The average Bonchev–Trinajstić information content (AvgIpc) is 2.59.